The monoisotopic (exact) mass is 519 g/mol. The molecule has 2 aliphatic rings. The summed E-state index contributed by atoms with van der Waals surface area (Å²) < 4.78 is 20.6. The Labute approximate surface area is 218 Å². The molecule has 200 valence electrons. The highest BCUT2D eigenvalue weighted by Gasteiger charge is 2.53. The van der Waals surface area contributed by atoms with E-state index in [2.05, 4.69) is 93.8 Å². The summed E-state index contributed by atoms with van der Waals surface area (Å²) in [5.74, 6) is 0.981. The third kappa shape index (κ3) is 5.41. The minimum atomic E-state index is -2.05. The van der Waals surface area contributed by atoms with Gasteiger partial charge in [0.25, 0.3) is 0 Å². The number of nitrogens with one attached hydrogen (secondary N) is 1. The number of anilines is 1. The zero-order valence-electron chi connectivity index (χ0n) is 25.2. The first-order valence-electron chi connectivity index (χ1n) is 13.6. The van der Waals surface area contributed by atoms with Gasteiger partial charge in [-0.1, -0.05) is 41.5 Å². The molecule has 0 amide bonds. The fourth-order valence-corrected chi connectivity index (χ4v) is 7.26. The van der Waals surface area contributed by atoms with Gasteiger partial charge in [0.1, 0.15) is 18.0 Å². The van der Waals surface area contributed by atoms with Crippen LogP contribution in [0.4, 0.5) is 5.69 Å². The van der Waals surface area contributed by atoms with Crippen molar-refractivity contribution in [2.24, 2.45) is 0 Å². The minimum Gasteiger partial charge on any atom is -0.494 e. The summed E-state index contributed by atoms with van der Waals surface area (Å²) >= 11 is 0. The van der Waals surface area contributed by atoms with Crippen molar-refractivity contribution in [2.45, 2.75) is 142 Å². The Morgan fingerprint density at radius 2 is 1.11 bits per heavy atom. The largest absolute Gasteiger partial charge is 0.494 e. The summed E-state index contributed by atoms with van der Waals surface area (Å²) in [4.78, 5) is 0. The van der Waals surface area contributed by atoms with Crippen molar-refractivity contribution in [3.8, 4) is 5.75 Å². The Bertz CT molecular complexity index is 949. The van der Waals surface area contributed by atoms with E-state index >= 15 is 0 Å². The number of hydrogen-bond donors (Lipinski definition) is 1. The molecule has 2 atom stereocenters. The Morgan fingerprint density at radius 3 is 1.51 bits per heavy atom. The molecule has 0 heterocycles. The van der Waals surface area contributed by atoms with Gasteiger partial charge in [-0.05, 0) is 99.4 Å². The predicted molar refractivity (Wildman–Crippen MR) is 155 cm³/mol. The molecular formula is C29H53NO3Si2. The second kappa shape index (κ2) is 9.18. The molecule has 6 heteroatoms. The van der Waals surface area contributed by atoms with E-state index in [9.17, 15) is 0 Å². The Balaban J connectivity index is 2.25. The highest BCUT2D eigenvalue weighted by molar-refractivity contribution is 6.74. The van der Waals surface area contributed by atoms with E-state index in [4.69, 9.17) is 13.6 Å². The van der Waals surface area contributed by atoms with Gasteiger partial charge in [0, 0.05) is 11.1 Å². The van der Waals surface area contributed by atoms with Crippen molar-refractivity contribution in [3.05, 3.63) is 22.3 Å². The highest BCUT2D eigenvalue weighted by Crippen LogP contribution is 2.61. The summed E-state index contributed by atoms with van der Waals surface area (Å²) in [5.41, 5.74) is 6.69. The number of rotatable bonds is 6. The molecule has 0 saturated carbocycles. The van der Waals surface area contributed by atoms with E-state index in [1.165, 1.54) is 40.8 Å². The number of methoxy groups -OCH3 is 1. The molecule has 0 aliphatic heterocycles. The molecular weight excluding hydrogens is 466 g/mol. The zero-order valence-corrected chi connectivity index (χ0v) is 27.2. The summed E-state index contributed by atoms with van der Waals surface area (Å²) in [6.45, 7) is 30.1. The number of benzene rings is 1. The molecule has 0 spiro atoms. The minimum absolute atomic E-state index is 0.00977. The Morgan fingerprint density at radius 1 is 0.686 bits per heavy atom. The van der Waals surface area contributed by atoms with Crippen LogP contribution in [0.1, 0.15) is 110 Å². The van der Waals surface area contributed by atoms with Crippen molar-refractivity contribution in [1.82, 2.24) is 0 Å². The molecule has 35 heavy (non-hydrogen) atoms. The summed E-state index contributed by atoms with van der Waals surface area (Å²) in [6.07, 6.45) is 4.59. The zero-order chi connectivity index (χ0) is 26.8. The average molecular weight is 520 g/mol. The molecule has 0 aromatic heterocycles. The van der Waals surface area contributed by atoms with E-state index in [0.717, 1.165) is 18.6 Å². The number of ether oxygens (including phenoxy) is 1. The van der Waals surface area contributed by atoms with Crippen molar-refractivity contribution in [1.29, 1.82) is 0 Å². The number of hydrogen-bond acceptors (Lipinski definition) is 4. The maximum absolute atomic E-state index is 7.20. The molecule has 2 aliphatic carbocycles. The van der Waals surface area contributed by atoms with Crippen LogP contribution >= 0.6 is 0 Å². The van der Waals surface area contributed by atoms with Crippen LogP contribution in [0.5, 0.6) is 5.75 Å². The molecule has 3 rings (SSSR count). The molecule has 0 saturated heterocycles. The van der Waals surface area contributed by atoms with Crippen LogP contribution in [-0.2, 0) is 21.7 Å². The van der Waals surface area contributed by atoms with Crippen LogP contribution in [0, 0.1) is 0 Å². The van der Waals surface area contributed by atoms with E-state index < -0.39 is 16.6 Å². The van der Waals surface area contributed by atoms with Crippen LogP contribution in [0.25, 0.3) is 0 Å². The van der Waals surface area contributed by atoms with E-state index in [-0.39, 0.29) is 27.8 Å². The van der Waals surface area contributed by atoms with E-state index in [1.54, 1.807) is 0 Å². The number of fused-ring (bicyclic) bond motifs is 3. The average Bonchev–Trinajstić information content (AvgIpc) is 2.67. The van der Waals surface area contributed by atoms with Gasteiger partial charge < -0.3 is 18.9 Å². The maximum atomic E-state index is 7.20. The second-order valence-corrected chi connectivity index (χ2v) is 24.4. The quantitative estimate of drug-likeness (QED) is 0.381. The molecule has 4 nitrogen and oxygen atoms in total. The lowest BCUT2D eigenvalue weighted by Gasteiger charge is -2.52. The molecule has 0 bridgehead atoms. The molecule has 1 aromatic carbocycles. The van der Waals surface area contributed by atoms with Gasteiger partial charge >= 0.3 is 0 Å². The smallest absolute Gasteiger partial charge is 0.193 e. The standard InChI is InChI=1S/C29H53NO3Si2/c1-27(2,3)30-23-20-18-16-15-17-19(20)21-22(24(23)31-10)26(33-35(13,14)29(7,8)9)25(21)32-34(11,12)28(4,5)6/h25-26,30H,15-18H2,1-14H3/t25-,26+/m1/s1. The van der Waals surface area contributed by atoms with Crippen LogP contribution in [0.15, 0.2) is 0 Å². The summed E-state index contributed by atoms with van der Waals surface area (Å²) in [6, 6.07) is 0. The first kappa shape index (κ1) is 28.7. The maximum Gasteiger partial charge on any atom is 0.193 e. The highest BCUT2D eigenvalue weighted by atomic mass is 28.4. The van der Waals surface area contributed by atoms with Gasteiger partial charge in [-0.2, -0.15) is 0 Å². The van der Waals surface area contributed by atoms with Gasteiger partial charge in [-0.25, -0.2) is 0 Å². The lowest BCUT2D eigenvalue weighted by molar-refractivity contribution is 0.00107. The van der Waals surface area contributed by atoms with Gasteiger partial charge in [-0.15, -0.1) is 0 Å². The van der Waals surface area contributed by atoms with Gasteiger partial charge in [0.15, 0.2) is 16.6 Å². The van der Waals surface area contributed by atoms with E-state index in [1.807, 2.05) is 7.11 Å². The molecule has 0 fully saturated rings. The van der Waals surface area contributed by atoms with Crippen LogP contribution in [-0.4, -0.2) is 29.3 Å². The van der Waals surface area contributed by atoms with Crippen LogP contribution in [0.3, 0.4) is 0 Å². The van der Waals surface area contributed by atoms with Crippen molar-refractivity contribution < 1.29 is 13.6 Å². The predicted octanol–water partition coefficient (Wildman–Crippen LogP) is 8.92. The first-order valence-corrected chi connectivity index (χ1v) is 19.4. The first-order chi connectivity index (χ1) is 15.7. The van der Waals surface area contributed by atoms with Crippen molar-refractivity contribution >= 4 is 22.3 Å². The van der Waals surface area contributed by atoms with Crippen LogP contribution < -0.4 is 10.1 Å². The molecule has 1 N–H and O–H groups in total. The lowest BCUT2D eigenvalue weighted by Crippen LogP contribution is -2.50. The summed E-state index contributed by atoms with van der Waals surface area (Å²) in [5, 5.41) is 4.09. The molecule has 1 aromatic rings. The molecule has 0 unspecified atom stereocenters. The topological polar surface area (TPSA) is 39.7 Å². The second-order valence-electron chi connectivity index (χ2n) is 14.9. The summed E-state index contributed by atoms with van der Waals surface area (Å²) in [7, 11) is -2.24. The van der Waals surface area contributed by atoms with Gasteiger partial charge in [0.05, 0.1) is 12.8 Å². The Hall–Kier alpha value is -0.826. The van der Waals surface area contributed by atoms with Crippen LogP contribution in [0.2, 0.25) is 36.3 Å². The molecule has 0 radical (unpaired) electrons. The van der Waals surface area contributed by atoms with E-state index in [0.29, 0.717) is 0 Å². The van der Waals surface area contributed by atoms with Crippen molar-refractivity contribution in [2.75, 3.05) is 12.4 Å². The fraction of sp³-hybridized carbons (Fsp3) is 0.793. The SMILES string of the molecule is COc1c(NC(C)(C)C)c2c(c3c1[C@H](O[Si](C)(C)C(C)(C)C)[C@@H]3O[Si](C)(C)C(C)(C)C)CCCC2. The van der Waals surface area contributed by atoms with Gasteiger partial charge in [0.2, 0.25) is 0 Å². The normalized spacial score (nSPS) is 21.2. The van der Waals surface area contributed by atoms with Gasteiger partial charge in [-0.3, -0.25) is 0 Å². The lowest BCUT2D eigenvalue weighted by atomic mass is 9.72. The fourth-order valence-electron chi connectivity index (χ4n) is 4.80. The third-order valence-electron chi connectivity index (χ3n) is 8.86. The van der Waals surface area contributed by atoms with Crippen molar-refractivity contribution in [3.63, 3.8) is 0 Å². The third-order valence-corrected chi connectivity index (χ3v) is 17.8. The Kier molecular flexibility index (Phi) is 7.54.